The molecule has 1 heterocycles. The number of benzene rings is 1. The molecular formula is C31H49N9O7. The predicted molar refractivity (Wildman–Crippen MR) is 174 cm³/mol. The van der Waals surface area contributed by atoms with Crippen LogP contribution < -0.4 is 43.4 Å². The van der Waals surface area contributed by atoms with E-state index in [0.29, 0.717) is 31.2 Å². The average Bonchev–Trinajstić information content (AvgIpc) is 3.58. The lowest BCUT2D eigenvalue weighted by atomic mass is 10.0. The van der Waals surface area contributed by atoms with Gasteiger partial charge in [0.25, 0.3) is 0 Å². The number of nitrogens with two attached hydrogens (primary N) is 2. The molecule has 0 radical (unpaired) electrons. The molecule has 0 bridgehead atoms. The number of aliphatic imine (C=N–C) groups is 1. The van der Waals surface area contributed by atoms with Crippen LogP contribution in [0.15, 0.2) is 35.3 Å². The predicted octanol–water partition coefficient (Wildman–Crippen LogP) is -2.67. The van der Waals surface area contributed by atoms with Crippen molar-refractivity contribution in [2.75, 3.05) is 19.7 Å². The third-order valence-electron chi connectivity index (χ3n) is 7.61. The number of aldehydes is 1. The second kappa shape index (κ2) is 19.8. The lowest BCUT2D eigenvalue weighted by molar-refractivity contribution is -0.135. The molecule has 47 heavy (non-hydrogen) atoms. The molecule has 0 saturated carbocycles. The summed E-state index contributed by atoms with van der Waals surface area (Å²) in [6.45, 7) is 5.03. The number of amides is 5. The second-order valence-electron chi connectivity index (χ2n) is 11.8. The Bertz CT molecular complexity index is 1230. The summed E-state index contributed by atoms with van der Waals surface area (Å²) < 4.78 is 0. The summed E-state index contributed by atoms with van der Waals surface area (Å²) in [6.07, 6.45) is 2.53. The van der Waals surface area contributed by atoms with E-state index in [0.717, 1.165) is 6.42 Å². The Morgan fingerprint density at radius 2 is 1.55 bits per heavy atom. The summed E-state index contributed by atoms with van der Waals surface area (Å²) in [5.41, 5.74) is 11.4. The summed E-state index contributed by atoms with van der Waals surface area (Å²) in [4.78, 5) is 80.7. The summed E-state index contributed by atoms with van der Waals surface area (Å²) in [6, 6.07) is 2.79. The van der Waals surface area contributed by atoms with E-state index in [9.17, 15) is 33.9 Å². The van der Waals surface area contributed by atoms with Crippen LogP contribution in [0.25, 0.3) is 0 Å². The van der Waals surface area contributed by atoms with Gasteiger partial charge in [0, 0.05) is 13.0 Å². The minimum Gasteiger partial charge on any atom is -0.394 e. The Kier molecular flexibility index (Phi) is 16.3. The molecule has 16 heteroatoms. The molecule has 1 aromatic rings. The van der Waals surface area contributed by atoms with E-state index in [1.165, 1.54) is 6.92 Å². The highest BCUT2D eigenvalue weighted by Crippen LogP contribution is 2.08. The van der Waals surface area contributed by atoms with Gasteiger partial charge in [-0.05, 0) is 50.6 Å². The molecule has 260 valence electrons. The molecule has 11 N–H and O–H groups in total. The normalized spacial score (nSPS) is 17.3. The zero-order valence-corrected chi connectivity index (χ0v) is 27.2. The number of carbonyl (C=O) groups excluding carboxylic acids is 6. The van der Waals surface area contributed by atoms with Crippen LogP contribution in [0.5, 0.6) is 0 Å². The van der Waals surface area contributed by atoms with Crippen molar-refractivity contribution in [3.63, 3.8) is 0 Å². The van der Waals surface area contributed by atoms with Gasteiger partial charge < -0.3 is 53.3 Å². The van der Waals surface area contributed by atoms with E-state index >= 15 is 0 Å². The maximum Gasteiger partial charge on any atom is 0.245 e. The SMILES string of the molecule is CC(C)[C@@H](C=O)NC(=O)[C@H](C)NC(=O)[C@H](Cc1ccccc1)NC(=O)[C@H](CO)NC(=O)[C@H](CCCN=C(N)N)NC(=O)[C@@H]1CCCN1. The van der Waals surface area contributed by atoms with Gasteiger partial charge in [-0.15, -0.1) is 0 Å². The van der Waals surface area contributed by atoms with Crippen molar-refractivity contribution >= 4 is 41.8 Å². The highest BCUT2D eigenvalue weighted by atomic mass is 16.3. The van der Waals surface area contributed by atoms with E-state index < -0.39 is 66.5 Å². The molecular weight excluding hydrogens is 610 g/mol. The molecule has 1 aliphatic rings. The van der Waals surface area contributed by atoms with Crippen LogP contribution in [-0.2, 0) is 35.2 Å². The van der Waals surface area contributed by atoms with Crippen molar-refractivity contribution in [3.8, 4) is 0 Å². The first kappa shape index (κ1) is 38.6. The Labute approximate surface area is 274 Å². The first-order chi connectivity index (χ1) is 22.4. The van der Waals surface area contributed by atoms with Gasteiger partial charge in [-0.3, -0.25) is 29.0 Å². The van der Waals surface area contributed by atoms with Crippen LogP contribution in [0.4, 0.5) is 0 Å². The number of nitrogens with zero attached hydrogens (tertiary/aromatic N) is 1. The topological polar surface area (TPSA) is 259 Å². The van der Waals surface area contributed by atoms with Gasteiger partial charge in [0.2, 0.25) is 29.5 Å². The third-order valence-corrected chi connectivity index (χ3v) is 7.61. The van der Waals surface area contributed by atoms with E-state index in [4.69, 9.17) is 11.5 Å². The first-order valence-corrected chi connectivity index (χ1v) is 15.8. The number of aliphatic hydroxyl groups is 1. The van der Waals surface area contributed by atoms with Crippen molar-refractivity contribution in [1.29, 1.82) is 0 Å². The van der Waals surface area contributed by atoms with E-state index in [1.807, 2.05) is 0 Å². The standard InChI is InChI=1S/C31H49N9O7/c1-18(2)24(16-41)39-26(43)19(3)36-29(46)23(15-20-9-5-4-6-10-20)38-30(47)25(17-42)40-28(45)22(12-8-14-35-31(32)33)37-27(44)21-11-7-13-34-21/h4-6,9-10,16,18-19,21-25,34,42H,7-8,11-15,17H2,1-3H3,(H,36,46)(H,37,44)(H,38,47)(H,39,43)(H,40,45)(H4,32,33,35)/t19-,21-,22-,23-,24+,25-/m0/s1. The fourth-order valence-corrected chi connectivity index (χ4v) is 4.78. The van der Waals surface area contributed by atoms with Crippen LogP contribution in [0, 0.1) is 5.92 Å². The lowest BCUT2D eigenvalue weighted by Gasteiger charge is -2.26. The molecule has 1 aromatic carbocycles. The zero-order valence-electron chi connectivity index (χ0n) is 27.2. The summed E-state index contributed by atoms with van der Waals surface area (Å²) in [7, 11) is 0. The Balaban J connectivity index is 2.16. The fraction of sp³-hybridized carbons (Fsp3) is 0.581. The van der Waals surface area contributed by atoms with Crippen molar-refractivity contribution in [2.45, 2.75) is 89.1 Å². The average molecular weight is 660 g/mol. The van der Waals surface area contributed by atoms with Crippen LogP contribution in [-0.4, -0.2) is 103 Å². The highest BCUT2D eigenvalue weighted by Gasteiger charge is 2.32. The summed E-state index contributed by atoms with van der Waals surface area (Å²) in [5, 5.41) is 26.0. The van der Waals surface area contributed by atoms with Crippen LogP contribution in [0.1, 0.15) is 52.0 Å². The van der Waals surface area contributed by atoms with Gasteiger partial charge in [-0.25, -0.2) is 0 Å². The Morgan fingerprint density at radius 3 is 2.13 bits per heavy atom. The van der Waals surface area contributed by atoms with E-state index in [1.54, 1.807) is 44.2 Å². The molecule has 1 saturated heterocycles. The number of hydrogen-bond acceptors (Lipinski definition) is 9. The van der Waals surface area contributed by atoms with Gasteiger partial charge in [0.15, 0.2) is 5.96 Å². The molecule has 16 nitrogen and oxygen atoms in total. The molecule has 2 rings (SSSR count). The molecule has 6 atom stereocenters. The van der Waals surface area contributed by atoms with Gasteiger partial charge in [0.05, 0.1) is 18.7 Å². The molecule has 0 aliphatic carbocycles. The Hall–Kier alpha value is -4.57. The van der Waals surface area contributed by atoms with E-state index in [-0.39, 0.29) is 37.2 Å². The van der Waals surface area contributed by atoms with Gasteiger partial charge in [-0.1, -0.05) is 44.2 Å². The summed E-state index contributed by atoms with van der Waals surface area (Å²) in [5.74, 6) is -3.53. The minimum absolute atomic E-state index is 0.0274. The maximum atomic E-state index is 13.4. The quantitative estimate of drug-likeness (QED) is 0.0322. The monoisotopic (exact) mass is 659 g/mol. The number of aliphatic hydroxyl groups excluding tert-OH is 1. The molecule has 0 unspecified atom stereocenters. The van der Waals surface area contributed by atoms with Gasteiger partial charge in [-0.2, -0.15) is 0 Å². The lowest BCUT2D eigenvalue weighted by Crippen LogP contribution is -2.60. The number of nitrogens with one attached hydrogen (secondary N) is 6. The first-order valence-electron chi connectivity index (χ1n) is 15.8. The molecule has 0 spiro atoms. The number of rotatable bonds is 19. The number of guanidine groups is 1. The molecule has 5 amide bonds. The summed E-state index contributed by atoms with van der Waals surface area (Å²) >= 11 is 0. The van der Waals surface area contributed by atoms with E-state index in [2.05, 4.69) is 36.9 Å². The van der Waals surface area contributed by atoms with Crippen LogP contribution >= 0.6 is 0 Å². The van der Waals surface area contributed by atoms with Crippen LogP contribution in [0.3, 0.4) is 0 Å². The molecule has 0 aromatic heterocycles. The maximum absolute atomic E-state index is 13.4. The van der Waals surface area contributed by atoms with Crippen molar-refractivity contribution in [3.05, 3.63) is 35.9 Å². The minimum atomic E-state index is -1.48. The highest BCUT2D eigenvalue weighted by molar-refractivity contribution is 5.96. The molecule has 1 aliphatic heterocycles. The van der Waals surface area contributed by atoms with Gasteiger partial charge in [0.1, 0.15) is 30.5 Å². The van der Waals surface area contributed by atoms with Crippen LogP contribution in [0.2, 0.25) is 0 Å². The largest absolute Gasteiger partial charge is 0.394 e. The van der Waals surface area contributed by atoms with Crippen molar-refractivity contribution in [2.24, 2.45) is 22.4 Å². The fourth-order valence-electron chi connectivity index (χ4n) is 4.78. The molecule has 1 fully saturated rings. The van der Waals surface area contributed by atoms with Gasteiger partial charge >= 0.3 is 0 Å². The number of carbonyl (C=O) groups is 6. The van der Waals surface area contributed by atoms with Crippen molar-refractivity contribution in [1.82, 2.24) is 31.9 Å². The smallest absolute Gasteiger partial charge is 0.245 e. The second-order valence-corrected chi connectivity index (χ2v) is 11.8. The zero-order chi connectivity index (χ0) is 34.9. The number of hydrogen-bond donors (Lipinski definition) is 9. The third kappa shape index (κ3) is 13.4. The Morgan fingerprint density at radius 1 is 0.915 bits per heavy atom. The van der Waals surface area contributed by atoms with Crippen molar-refractivity contribution < 1.29 is 33.9 Å².